The van der Waals surface area contributed by atoms with E-state index in [1.165, 1.54) is 11.8 Å². The Morgan fingerprint density at radius 2 is 1.84 bits per heavy atom. The van der Waals surface area contributed by atoms with Crippen molar-refractivity contribution in [3.63, 3.8) is 0 Å². The van der Waals surface area contributed by atoms with Crippen LogP contribution in [0.5, 0.6) is 5.75 Å². The number of hydrogen-bond acceptors (Lipinski definition) is 6. The topological polar surface area (TPSA) is 96.4 Å². The van der Waals surface area contributed by atoms with Gasteiger partial charge in [-0.05, 0) is 24.3 Å². The van der Waals surface area contributed by atoms with Crippen LogP contribution in [0.2, 0.25) is 0 Å². The number of nitrogens with one attached hydrogen (secondary N) is 2. The van der Waals surface area contributed by atoms with Gasteiger partial charge in [0.15, 0.2) is 5.16 Å². The van der Waals surface area contributed by atoms with Crippen molar-refractivity contribution in [3.05, 3.63) is 64.4 Å². The van der Waals surface area contributed by atoms with Gasteiger partial charge in [-0.3, -0.25) is 9.59 Å². The highest BCUT2D eigenvalue weighted by molar-refractivity contribution is 7.99. The molecule has 0 radical (unpaired) electrons. The van der Waals surface area contributed by atoms with E-state index in [0.717, 1.165) is 0 Å². The van der Waals surface area contributed by atoms with Crippen molar-refractivity contribution in [2.75, 3.05) is 5.75 Å². The highest BCUT2D eigenvalue weighted by Crippen LogP contribution is 2.22. The van der Waals surface area contributed by atoms with Gasteiger partial charge in [-0.15, -0.1) is 5.10 Å². The zero-order valence-electron chi connectivity index (χ0n) is 12.9. The Morgan fingerprint density at radius 3 is 2.76 bits per heavy atom. The summed E-state index contributed by atoms with van der Waals surface area (Å²) >= 11 is 1.27. The number of hydrogen-bond donors (Lipinski definition) is 2. The summed E-state index contributed by atoms with van der Waals surface area (Å²) in [4.78, 5) is 31.2. The van der Waals surface area contributed by atoms with E-state index in [9.17, 15) is 9.59 Å². The summed E-state index contributed by atoms with van der Waals surface area (Å²) in [5.41, 5.74) is 3.29. The lowest BCUT2D eigenvalue weighted by Gasteiger charge is -2.07. The van der Waals surface area contributed by atoms with Crippen LogP contribution in [-0.2, 0) is 0 Å². The van der Waals surface area contributed by atoms with E-state index in [1.54, 1.807) is 42.5 Å². The van der Waals surface area contributed by atoms with Crippen molar-refractivity contribution < 1.29 is 9.53 Å². The molecule has 2 N–H and O–H groups in total. The first-order valence-electron chi connectivity index (χ1n) is 7.46. The molecule has 1 aliphatic heterocycles. The molecule has 1 amide bonds. The number of aromatic amines is 1. The molecule has 0 bridgehead atoms. The maximum Gasteiger partial charge on any atom is 0.275 e. The van der Waals surface area contributed by atoms with Crippen LogP contribution in [0.1, 0.15) is 10.4 Å². The Kier molecular flexibility index (Phi) is 3.95. The number of H-pyrrole nitrogens is 1. The average molecular weight is 352 g/mol. The van der Waals surface area contributed by atoms with Gasteiger partial charge in [-0.1, -0.05) is 36.0 Å². The maximum absolute atomic E-state index is 12.1. The minimum Gasteiger partial charge on any atom is -0.440 e. The molecule has 3 aromatic rings. The first kappa shape index (κ1) is 15.4. The van der Waals surface area contributed by atoms with E-state index in [4.69, 9.17) is 4.74 Å². The number of para-hydroxylation sites is 2. The number of amides is 1. The van der Waals surface area contributed by atoms with Gasteiger partial charge in [0.1, 0.15) is 5.75 Å². The molecule has 0 spiro atoms. The number of ether oxygens (including phenoxy) is 1. The number of benzene rings is 2. The third-order valence-corrected chi connectivity index (χ3v) is 4.42. The van der Waals surface area contributed by atoms with E-state index in [2.05, 4.69) is 20.5 Å². The average Bonchev–Trinajstić information content (AvgIpc) is 2.79. The molecule has 0 aliphatic carbocycles. The predicted molar refractivity (Wildman–Crippen MR) is 95.1 cm³/mol. The normalized spacial score (nSPS) is 13.4. The number of nitrogens with zero attached hydrogens (tertiary/aromatic N) is 2. The highest BCUT2D eigenvalue weighted by Gasteiger charge is 2.18. The number of fused-ring (bicyclic) bond motifs is 2. The Morgan fingerprint density at radius 1 is 1.04 bits per heavy atom. The number of thioether (sulfide) groups is 1. The first-order chi connectivity index (χ1) is 12.2. The maximum atomic E-state index is 12.1. The largest absolute Gasteiger partial charge is 0.440 e. The molecule has 0 fully saturated rings. The minimum atomic E-state index is -0.326. The van der Waals surface area contributed by atoms with Crippen LogP contribution in [0.4, 0.5) is 0 Å². The van der Waals surface area contributed by atoms with E-state index >= 15 is 0 Å². The molecular weight excluding hydrogens is 340 g/mol. The lowest BCUT2D eigenvalue weighted by atomic mass is 10.2. The van der Waals surface area contributed by atoms with Crippen molar-refractivity contribution in [2.45, 2.75) is 5.16 Å². The van der Waals surface area contributed by atoms with E-state index in [-0.39, 0.29) is 11.5 Å². The van der Waals surface area contributed by atoms with Gasteiger partial charge in [-0.25, -0.2) is 10.4 Å². The fourth-order valence-electron chi connectivity index (χ4n) is 2.39. The molecule has 25 heavy (non-hydrogen) atoms. The first-order valence-corrected chi connectivity index (χ1v) is 8.45. The van der Waals surface area contributed by atoms with Gasteiger partial charge >= 0.3 is 0 Å². The minimum absolute atomic E-state index is 0.199. The number of hydrazone groups is 1. The van der Waals surface area contributed by atoms with Gasteiger partial charge in [-0.2, -0.15) is 0 Å². The van der Waals surface area contributed by atoms with Crippen LogP contribution in [0.3, 0.4) is 0 Å². The molecule has 0 atom stereocenters. The molecule has 2 heterocycles. The van der Waals surface area contributed by atoms with Crippen molar-refractivity contribution in [1.29, 1.82) is 0 Å². The van der Waals surface area contributed by atoms with E-state index in [1.807, 2.05) is 6.07 Å². The second kappa shape index (κ2) is 6.40. The third-order valence-electron chi connectivity index (χ3n) is 3.57. The zero-order chi connectivity index (χ0) is 17.2. The molecule has 8 heteroatoms. The summed E-state index contributed by atoms with van der Waals surface area (Å²) in [6, 6.07) is 14.0. The van der Waals surface area contributed by atoms with Crippen LogP contribution < -0.4 is 15.7 Å². The molecule has 0 saturated heterocycles. The lowest BCUT2D eigenvalue weighted by molar-refractivity contribution is 0.0955. The van der Waals surface area contributed by atoms with Crippen LogP contribution in [0.25, 0.3) is 10.9 Å². The number of rotatable bonds is 3. The zero-order valence-corrected chi connectivity index (χ0v) is 13.7. The second-order valence-corrected chi connectivity index (χ2v) is 6.19. The Labute approximate surface area is 146 Å². The fraction of sp³-hybridized carbons (Fsp3) is 0.0588. The van der Waals surface area contributed by atoms with Crippen molar-refractivity contribution in [2.24, 2.45) is 5.10 Å². The van der Waals surface area contributed by atoms with Crippen LogP contribution in [0.15, 0.2) is 63.6 Å². The van der Waals surface area contributed by atoms with Crippen LogP contribution in [0, 0.1) is 0 Å². The molecule has 4 rings (SSSR count). The van der Waals surface area contributed by atoms with Crippen molar-refractivity contribution in [3.8, 4) is 5.75 Å². The number of carbonyl (C=O) groups is 1. The molecule has 2 aromatic carbocycles. The molecule has 1 aliphatic rings. The smallest absolute Gasteiger partial charge is 0.275 e. The van der Waals surface area contributed by atoms with E-state index in [0.29, 0.717) is 39.0 Å². The highest BCUT2D eigenvalue weighted by atomic mass is 32.2. The van der Waals surface area contributed by atoms with Crippen LogP contribution in [-0.4, -0.2) is 27.5 Å². The SMILES string of the molecule is O=C1NN=C(CSc2nc3ccccc3c(=O)[nH]2)Oc2ccccc21. The quantitative estimate of drug-likeness (QED) is 0.556. The third kappa shape index (κ3) is 3.11. The van der Waals surface area contributed by atoms with Gasteiger partial charge in [0, 0.05) is 0 Å². The summed E-state index contributed by atoms with van der Waals surface area (Å²) < 4.78 is 5.69. The van der Waals surface area contributed by atoms with Gasteiger partial charge in [0.25, 0.3) is 11.5 Å². The summed E-state index contributed by atoms with van der Waals surface area (Å²) in [5, 5.41) is 4.97. The van der Waals surface area contributed by atoms with Gasteiger partial charge in [0.05, 0.1) is 22.2 Å². The summed E-state index contributed by atoms with van der Waals surface area (Å²) in [6.07, 6.45) is 0. The Balaban J connectivity index is 1.56. The fourth-order valence-corrected chi connectivity index (χ4v) is 3.10. The second-order valence-electron chi connectivity index (χ2n) is 5.22. The molecule has 7 nitrogen and oxygen atoms in total. The van der Waals surface area contributed by atoms with Crippen LogP contribution >= 0.6 is 11.8 Å². The number of carbonyl (C=O) groups excluding carboxylic acids is 1. The monoisotopic (exact) mass is 352 g/mol. The molecule has 1 aromatic heterocycles. The summed E-state index contributed by atoms with van der Waals surface area (Å²) in [6.45, 7) is 0. The lowest BCUT2D eigenvalue weighted by Crippen LogP contribution is -2.18. The molecule has 124 valence electrons. The summed E-state index contributed by atoms with van der Waals surface area (Å²) in [5.74, 6) is 0.736. The molecule has 0 saturated carbocycles. The summed E-state index contributed by atoms with van der Waals surface area (Å²) in [7, 11) is 0. The standard InChI is InChI=1S/C17H12N4O3S/c22-15-10-5-1-3-7-12(10)18-17(19-15)25-9-14-20-21-16(23)11-6-2-4-8-13(11)24-14/h1-8H,9H2,(H,21,23)(H,18,19,22). The number of aromatic nitrogens is 2. The molecule has 0 unspecified atom stereocenters. The predicted octanol–water partition coefficient (Wildman–Crippen LogP) is 2.15. The van der Waals surface area contributed by atoms with Crippen molar-refractivity contribution >= 4 is 34.5 Å². The Bertz CT molecular complexity index is 1060. The van der Waals surface area contributed by atoms with E-state index < -0.39 is 0 Å². The van der Waals surface area contributed by atoms with Gasteiger partial charge in [0.2, 0.25) is 5.90 Å². The molecular formula is C17H12N4O3S. The van der Waals surface area contributed by atoms with Gasteiger partial charge < -0.3 is 9.72 Å². The Hall–Kier alpha value is -3.13. The van der Waals surface area contributed by atoms with Crippen molar-refractivity contribution in [1.82, 2.24) is 15.4 Å².